The highest BCUT2D eigenvalue weighted by molar-refractivity contribution is 5.57. The number of hydrogen-bond donors (Lipinski definition) is 0. The Kier molecular flexibility index (Phi) is 4.36. The molecule has 3 nitrogen and oxygen atoms in total. The van der Waals surface area contributed by atoms with Gasteiger partial charge in [0.25, 0.3) is 0 Å². The van der Waals surface area contributed by atoms with Crippen molar-refractivity contribution in [2.45, 2.75) is 32.0 Å². The van der Waals surface area contributed by atoms with Gasteiger partial charge in [-0.25, -0.2) is 0 Å². The molecule has 3 unspecified atom stereocenters. The SMILES string of the molecule is CCOC1CC(C)C(C#N)(c2ccccc2)N1c1ccccc1. The highest BCUT2D eigenvalue weighted by atomic mass is 16.5. The number of hydrogen-bond acceptors (Lipinski definition) is 3. The van der Waals surface area contributed by atoms with Crippen LogP contribution in [0.15, 0.2) is 60.7 Å². The summed E-state index contributed by atoms with van der Waals surface area (Å²) in [7, 11) is 0. The molecule has 0 aromatic heterocycles. The first-order valence-corrected chi connectivity index (χ1v) is 8.16. The van der Waals surface area contributed by atoms with Crippen LogP contribution in [0.5, 0.6) is 0 Å². The summed E-state index contributed by atoms with van der Waals surface area (Å²) in [6.45, 7) is 4.78. The second-order valence-corrected chi connectivity index (χ2v) is 6.00. The molecular weight excluding hydrogens is 284 g/mol. The van der Waals surface area contributed by atoms with Crippen LogP contribution in [0.2, 0.25) is 0 Å². The fourth-order valence-electron chi connectivity index (χ4n) is 3.68. The topological polar surface area (TPSA) is 36.3 Å². The largest absolute Gasteiger partial charge is 0.359 e. The normalized spacial score (nSPS) is 26.9. The summed E-state index contributed by atoms with van der Waals surface area (Å²) in [5, 5.41) is 10.2. The number of nitrogens with zero attached hydrogens (tertiary/aromatic N) is 2. The fourth-order valence-corrected chi connectivity index (χ4v) is 3.68. The molecule has 1 heterocycles. The second-order valence-electron chi connectivity index (χ2n) is 6.00. The van der Waals surface area contributed by atoms with E-state index in [0.717, 1.165) is 17.7 Å². The summed E-state index contributed by atoms with van der Waals surface area (Å²) in [5.74, 6) is 0.173. The molecule has 0 radical (unpaired) electrons. The van der Waals surface area contributed by atoms with Crippen molar-refractivity contribution in [1.82, 2.24) is 0 Å². The zero-order valence-electron chi connectivity index (χ0n) is 13.6. The van der Waals surface area contributed by atoms with E-state index in [2.05, 4.69) is 30.0 Å². The molecule has 23 heavy (non-hydrogen) atoms. The predicted octanol–water partition coefficient (Wildman–Crippen LogP) is 4.31. The van der Waals surface area contributed by atoms with E-state index in [1.165, 1.54) is 0 Å². The van der Waals surface area contributed by atoms with Gasteiger partial charge in [-0.05, 0) is 31.0 Å². The van der Waals surface area contributed by atoms with Crippen LogP contribution >= 0.6 is 0 Å². The molecule has 1 saturated heterocycles. The van der Waals surface area contributed by atoms with Crippen LogP contribution in [-0.4, -0.2) is 12.8 Å². The van der Waals surface area contributed by atoms with Crippen LogP contribution in [-0.2, 0) is 10.3 Å². The first kappa shape index (κ1) is 15.6. The minimum absolute atomic E-state index is 0.0859. The van der Waals surface area contributed by atoms with Crippen LogP contribution in [0, 0.1) is 17.2 Å². The average molecular weight is 306 g/mol. The van der Waals surface area contributed by atoms with Crippen LogP contribution < -0.4 is 4.90 Å². The zero-order chi connectivity index (χ0) is 16.3. The summed E-state index contributed by atoms with van der Waals surface area (Å²) < 4.78 is 5.99. The molecule has 0 bridgehead atoms. The van der Waals surface area contributed by atoms with Gasteiger partial charge in [0.2, 0.25) is 0 Å². The molecule has 2 aromatic rings. The molecule has 3 heteroatoms. The predicted molar refractivity (Wildman–Crippen MR) is 91.8 cm³/mol. The Morgan fingerprint density at radius 2 is 1.74 bits per heavy atom. The van der Waals surface area contributed by atoms with E-state index < -0.39 is 5.54 Å². The quantitative estimate of drug-likeness (QED) is 0.844. The van der Waals surface area contributed by atoms with Crippen molar-refractivity contribution in [2.75, 3.05) is 11.5 Å². The number of ether oxygens (including phenoxy) is 1. The molecule has 0 N–H and O–H groups in total. The van der Waals surface area contributed by atoms with Gasteiger partial charge in [0.05, 0.1) is 6.07 Å². The first-order valence-electron chi connectivity index (χ1n) is 8.16. The molecular formula is C20H22N2O. The lowest BCUT2D eigenvalue weighted by molar-refractivity contribution is 0.0657. The number of anilines is 1. The number of rotatable bonds is 4. The lowest BCUT2D eigenvalue weighted by Gasteiger charge is -2.39. The maximum atomic E-state index is 10.2. The molecule has 3 rings (SSSR count). The lowest BCUT2D eigenvalue weighted by atomic mass is 9.80. The maximum absolute atomic E-state index is 10.2. The highest BCUT2D eigenvalue weighted by Crippen LogP contribution is 2.48. The Labute approximate surface area is 138 Å². The average Bonchev–Trinajstić information content (AvgIpc) is 2.89. The van der Waals surface area contributed by atoms with Crippen molar-refractivity contribution >= 4 is 5.69 Å². The van der Waals surface area contributed by atoms with Gasteiger partial charge < -0.3 is 9.64 Å². The summed E-state index contributed by atoms with van der Waals surface area (Å²) in [5.41, 5.74) is 1.35. The summed E-state index contributed by atoms with van der Waals surface area (Å²) in [6, 6.07) is 22.8. The van der Waals surface area contributed by atoms with Crippen molar-refractivity contribution in [3.63, 3.8) is 0 Å². The Morgan fingerprint density at radius 1 is 1.13 bits per heavy atom. The van der Waals surface area contributed by atoms with E-state index in [-0.39, 0.29) is 12.1 Å². The third-order valence-electron chi connectivity index (χ3n) is 4.71. The number of nitriles is 1. The monoisotopic (exact) mass is 306 g/mol. The van der Waals surface area contributed by atoms with E-state index in [1.54, 1.807) is 0 Å². The van der Waals surface area contributed by atoms with Gasteiger partial charge >= 0.3 is 0 Å². The Bertz CT molecular complexity index is 680. The standard InChI is InChI=1S/C20H22N2O/c1-3-23-19-14-16(2)20(15-21,17-10-6-4-7-11-17)22(19)18-12-8-5-9-13-18/h4-13,16,19H,3,14H2,1-2H3. The first-order chi connectivity index (χ1) is 11.2. The second kappa shape index (κ2) is 6.44. The Hall–Kier alpha value is -2.31. The Balaban J connectivity index is 2.17. The third-order valence-corrected chi connectivity index (χ3v) is 4.71. The van der Waals surface area contributed by atoms with Crippen LogP contribution in [0.25, 0.3) is 0 Å². The number of benzene rings is 2. The van der Waals surface area contributed by atoms with Gasteiger partial charge in [-0.1, -0.05) is 55.5 Å². The van der Waals surface area contributed by atoms with Gasteiger partial charge in [-0.3, -0.25) is 0 Å². The molecule has 1 fully saturated rings. The van der Waals surface area contributed by atoms with Crippen LogP contribution in [0.3, 0.4) is 0 Å². The van der Waals surface area contributed by atoms with Gasteiger partial charge in [-0.15, -0.1) is 0 Å². The zero-order valence-corrected chi connectivity index (χ0v) is 13.6. The van der Waals surface area contributed by atoms with E-state index in [0.29, 0.717) is 6.61 Å². The van der Waals surface area contributed by atoms with Crippen molar-refractivity contribution in [3.8, 4) is 6.07 Å². The van der Waals surface area contributed by atoms with E-state index in [4.69, 9.17) is 4.74 Å². The van der Waals surface area contributed by atoms with Gasteiger partial charge in [0, 0.05) is 18.2 Å². The molecule has 118 valence electrons. The van der Waals surface area contributed by atoms with Crippen LogP contribution in [0.4, 0.5) is 5.69 Å². The number of para-hydroxylation sites is 1. The summed E-state index contributed by atoms with van der Waals surface area (Å²) in [6.07, 6.45) is 0.753. The van der Waals surface area contributed by atoms with Crippen molar-refractivity contribution < 1.29 is 4.74 Å². The minimum atomic E-state index is -0.706. The fraction of sp³-hybridized carbons (Fsp3) is 0.350. The molecule has 0 aliphatic carbocycles. The highest BCUT2D eigenvalue weighted by Gasteiger charge is 2.53. The molecule has 1 aliphatic rings. The maximum Gasteiger partial charge on any atom is 0.158 e. The molecule has 2 aromatic carbocycles. The summed E-state index contributed by atoms with van der Waals surface area (Å²) in [4.78, 5) is 2.16. The molecule has 0 amide bonds. The molecule has 1 aliphatic heterocycles. The summed E-state index contributed by atoms with van der Waals surface area (Å²) >= 11 is 0. The van der Waals surface area contributed by atoms with E-state index in [1.807, 2.05) is 55.5 Å². The van der Waals surface area contributed by atoms with Crippen LogP contribution in [0.1, 0.15) is 25.8 Å². The third kappa shape index (κ3) is 2.50. The smallest absolute Gasteiger partial charge is 0.158 e. The minimum Gasteiger partial charge on any atom is -0.359 e. The van der Waals surface area contributed by atoms with Crippen molar-refractivity contribution in [2.24, 2.45) is 5.92 Å². The van der Waals surface area contributed by atoms with Crippen molar-refractivity contribution in [1.29, 1.82) is 5.26 Å². The molecule has 0 spiro atoms. The Morgan fingerprint density at radius 3 is 2.30 bits per heavy atom. The molecule has 3 atom stereocenters. The van der Waals surface area contributed by atoms with Crippen molar-refractivity contribution in [3.05, 3.63) is 66.2 Å². The van der Waals surface area contributed by atoms with Gasteiger partial charge in [0.1, 0.15) is 6.23 Å². The van der Waals surface area contributed by atoms with Gasteiger partial charge in [-0.2, -0.15) is 5.26 Å². The van der Waals surface area contributed by atoms with E-state index in [9.17, 15) is 5.26 Å². The van der Waals surface area contributed by atoms with E-state index >= 15 is 0 Å². The lowest BCUT2D eigenvalue weighted by Crippen LogP contribution is -2.47. The van der Waals surface area contributed by atoms with Gasteiger partial charge in [0.15, 0.2) is 5.54 Å². The molecule has 0 saturated carbocycles.